The van der Waals surface area contributed by atoms with Gasteiger partial charge in [-0.1, -0.05) is 86.6 Å². The van der Waals surface area contributed by atoms with Gasteiger partial charge in [0, 0.05) is 18.7 Å². The predicted molar refractivity (Wildman–Crippen MR) is 161 cm³/mol. The number of para-hydroxylation sites is 1. The maximum Gasteiger partial charge on any atom is 0.255 e. The Hall–Kier alpha value is -4.91. The average Bonchev–Trinajstić information content (AvgIpc) is 3.00. The van der Waals surface area contributed by atoms with Gasteiger partial charge in [0.05, 0.1) is 18.4 Å². The molecule has 0 fully saturated rings. The molecule has 0 aliphatic carbocycles. The molecule has 7 heteroatoms. The van der Waals surface area contributed by atoms with Gasteiger partial charge < -0.3 is 20.3 Å². The lowest BCUT2D eigenvalue weighted by Crippen LogP contribution is -2.51. The molecule has 4 aromatic rings. The zero-order valence-corrected chi connectivity index (χ0v) is 23.5. The number of ether oxygens (including phenoxy) is 1. The molecule has 0 heterocycles. The van der Waals surface area contributed by atoms with Crippen LogP contribution in [0.25, 0.3) is 0 Å². The summed E-state index contributed by atoms with van der Waals surface area (Å²) in [5, 5.41) is 5.78. The normalized spacial score (nSPS) is 11.4. The van der Waals surface area contributed by atoms with Crippen LogP contribution in [-0.4, -0.2) is 35.8 Å². The van der Waals surface area contributed by atoms with Crippen LogP contribution in [0.15, 0.2) is 109 Å². The van der Waals surface area contributed by atoms with Crippen molar-refractivity contribution in [1.82, 2.24) is 10.2 Å². The monoisotopic (exact) mass is 549 g/mol. The second kappa shape index (κ2) is 13.9. The maximum atomic E-state index is 14.0. The third-order valence-electron chi connectivity index (χ3n) is 6.74. The molecule has 7 nitrogen and oxygen atoms in total. The van der Waals surface area contributed by atoms with Crippen LogP contribution in [0.2, 0.25) is 0 Å². The van der Waals surface area contributed by atoms with Crippen molar-refractivity contribution in [3.05, 3.63) is 131 Å². The molecule has 0 saturated heterocycles. The van der Waals surface area contributed by atoms with E-state index in [1.165, 1.54) is 0 Å². The van der Waals surface area contributed by atoms with Gasteiger partial charge in [0.2, 0.25) is 5.91 Å². The molecule has 3 amide bonds. The molecule has 0 spiro atoms. The molecule has 0 radical (unpaired) electrons. The lowest BCUT2D eigenvalue weighted by molar-refractivity contribution is -0.135. The average molecular weight is 550 g/mol. The minimum atomic E-state index is -0.778. The summed E-state index contributed by atoms with van der Waals surface area (Å²) < 4.78 is 5.16. The van der Waals surface area contributed by atoms with Gasteiger partial charge in [0.1, 0.15) is 11.8 Å². The first-order valence-corrected chi connectivity index (χ1v) is 13.6. The Labute approximate surface area is 241 Å². The van der Waals surface area contributed by atoms with E-state index < -0.39 is 11.9 Å². The lowest BCUT2D eigenvalue weighted by atomic mass is 10.0. The summed E-state index contributed by atoms with van der Waals surface area (Å²) >= 11 is 0. The van der Waals surface area contributed by atoms with Gasteiger partial charge in [0.15, 0.2) is 0 Å². The van der Waals surface area contributed by atoms with Crippen LogP contribution < -0.4 is 15.4 Å². The van der Waals surface area contributed by atoms with E-state index in [9.17, 15) is 14.4 Å². The number of carbonyl (C=O) groups excluding carboxylic acids is 3. The first-order valence-electron chi connectivity index (χ1n) is 13.6. The van der Waals surface area contributed by atoms with Crippen LogP contribution in [0.4, 0.5) is 5.69 Å². The number of nitrogens with zero attached hydrogens (tertiary/aromatic N) is 1. The lowest BCUT2D eigenvalue weighted by Gasteiger charge is -2.30. The number of anilines is 1. The number of amides is 3. The Bertz CT molecular complexity index is 1410. The number of methoxy groups -OCH3 is 1. The fourth-order valence-corrected chi connectivity index (χ4v) is 4.48. The second-order valence-electron chi connectivity index (χ2n) is 10.1. The van der Waals surface area contributed by atoms with Crippen molar-refractivity contribution >= 4 is 23.4 Å². The predicted octanol–water partition coefficient (Wildman–Crippen LogP) is 5.93. The largest absolute Gasteiger partial charge is 0.497 e. The van der Waals surface area contributed by atoms with Crippen molar-refractivity contribution in [1.29, 1.82) is 0 Å². The highest BCUT2D eigenvalue weighted by molar-refractivity contribution is 6.09. The van der Waals surface area contributed by atoms with Crippen LogP contribution in [0.3, 0.4) is 0 Å². The van der Waals surface area contributed by atoms with Crippen molar-refractivity contribution in [2.24, 2.45) is 5.92 Å². The molecule has 210 valence electrons. The zero-order chi connectivity index (χ0) is 29.2. The molecular formula is C34H35N3O4. The Morgan fingerprint density at radius 1 is 0.707 bits per heavy atom. The van der Waals surface area contributed by atoms with E-state index in [0.29, 0.717) is 30.1 Å². The fraction of sp³-hybridized carbons (Fsp3) is 0.206. The minimum absolute atomic E-state index is 0.179. The summed E-state index contributed by atoms with van der Waals surface area (Å²) in [6.07, 6.45) is 0. The summed E-state index contributed by atoms with van der Waals surface area (Å²) in [6, 6.07) is 32.3. The number of benzene rings is 4. The highest BCUT2D eigenvalue weighted by Crippen LogP contribution is 2.20. The van der Waals surface area contributed by atoms with Crippen LogP contribution in [0, 0.1) is 5.92 Å². The Morgan fingerprint density at radius 3 is 1.78 bits per heavy atom. The molecule has 0 aromatic heterocycles. The highest BCUT2D eigenvalue weighted by Gasteiger charge is 2.30. The first kappa shape index (κ1) is 29.1. The molecule has 4 aromatic carbocycles. The summed E-state index contributed by atoms with van der Waals surface area (Å²) in [6.45, 7) is 4.62. The number of hydrogen-bond acceptors (Lipinski definition) is 4. The molecule has 2 N–H and O–H groups in total. The van der Waals surface area contributed by atoms with Gasteiger partial charge in [-0.15, -0.1) is 0 Å². The molecule has 41 heavy (non-hydrogen) atoms. The van der Waals surface area contributed by atoms with E-state index in [4.69, 9.17) is 4.74 Å². The SMILES string of the molecule is COc1ccc(C(=O)Nc2ccccc2C(=O)NC(C(=O)N(Cc2ccccc2)Cc2ccccc2)C(C)C)cc1. The van der Waals surface area contributed by atoms with E-state index in [-0.39, 0.29) is 23.3 Å². The zero-order valence-electron chi connectivity index (χ0n) is 23.5. The van der Waals surface area contributed by atoms with Crippen LogP contribution in [-0.2, 0) is 17.9 Å². The molecular weight excluding hydrogens is 514 g/mol. The summed E-state index contributed by atoms with van der Waals surface area (Å²) in [7, 11) is 1.56. The molecule has 0 aliphatic heterocycles. The van der Waals surface area contributed by atoms with E-state index in [0.717, 1.165) is 11.1 Å². The summed E-state index contributed by atoms with van der Waals surface area (Å²) in [5.41, 5.74) is 3.04. The van der Waals surface area contributed by atoms with E-state index in [1.807, 2.05) is 74.5 Å². The molecule has 1 atom stereocenters. The van der Waals surface area contributed by atoms with Crippen molar-refractivity contribution < 1.29 is 19.1 Å². The molecule has 1 unspecified atom stereocenters. The van der Waals surface area contributed by atoms with Gasteiger partial charge in [-0.3, -0.25) is 14.4 Å². The molecule has 0 saturated carbocycles. The smallest absolute Gasteiger partial charge is 0.255 e. The van der Waals surface area contributed by atoms with E-state index >= 15 is 0 Å². The molecule has 4 rings (SSSR count). The topological polar surface area (TPSA) is 87.7 Å². The van der Waals surface area contributed by atoms with Gasteiger partial charge in [-0.05, 0) is 53.4 Å². The number of carbonyl (C=O) groups is 3. The van der Waals surface area contributed by atoms with Crippen molar-refractivity contribution in [2.75, 3.05) is 12.4 Å². The third kappa shape index (κ3) is 7.82. The van der Waals surface area contributed by atoms with E-state index in [2.05, 4.69) is 10.6 Å². The Balaban J connectivity index is 1.54. The maximum absolute atomic E-state index is 14.0. The standard InChI is InChI=1S/C34H35N3O4/c1-24(2)31(34(40)37(22-25-12-6-4-7-13-25)23-26-14-8-5-9-15-26)36-33(39)29-16-10-11-17-30(29)35-32(38)27-18-20-28(41-3)21-19-27/h4-21,24,31H,22-23H2,1-3H3,(H,35,38)(H,36,39). The Morgan fingerprint density at radius 2 is 1.24 bits per heavy atom. The second-order valence-corrected chi connectivity index (χ2v) is 10.1. The summed E-state index contributed by atoms with van der Waals surface area (Å²) in [5.74, 6) is -0.523. The number of rotatable bonds is 11. The minimum Gasteiger partial charge on any atom is -0.497 e. The summed E-state index contributed by atoms with van der Waals surface area (Å²) in [4.78, 5) is 42.3. The van der Waals surface area contributed by atoms with Crippen molar-refractivity contribution in [2.45, 2.75) is 33.0 Å². The van der Waals surface area contributed by atoms with Crippen molar-refractivity contribution in [3.63, 3.8) is 0 Å². The third-order valence-corrected chi connectivity index (χ3v) is 6.74. The van der Waals surface area contributed by atoms with Gasteiger partial charge in [-0.25, -0.2) is 0 Å². The molecule has 0 aliphatic rings. The van der Waals surface area contributed by atoms with Crippen molar-refractivity contribution in [3.8, 4) is 5.75 Å². The van der Waals surface area contributed by atoms with E-state index in [1.54, 1.807) is 60.5 Å². The van der Waals surface area contributed by atoms with Crippen LogP contribution >= 0.6 is 0 Å². The highest BCUT2D eigenvalue weighted by atomic mass is 16.5. The van der Waals surface area contributed by atoms with Crippen LogP contribution in [0.5, 0.6) is 5.75 Å². The van der Waals surface area contributed by atoms with Crippen LogP contribution in [0.1, 0.15) is 45.7 Å². The number of hydrogen-bond donors (Lipinski definition) is 2. The quantitative estimate of drug-likeness (QED) is 0.243. The molecule has 0 bridgehead atoms. The van der Waals surface area contributed by atoms with Gasteiger partial charge in [-0.2, -0.15) is 0 Å². The fourth-order valence-electron chi connectivity index (χ4n) is 4.48. The first-order chi connectivity index (χ1) is 19.9. The Kier molecular flexibility index (Phi) is 9.89. The number of nitrogens with one attached hydrogen (secondary N) is 2. The van der Waals surface area contributed by atoms with Gasteiger partial charge >= 0.3 is 0 Å². The van der Waals surface area contributed by atoms with Gasteiger partial charge in [0.25, 0.3) is 11.8 Å².